The average molecular weight is 403 g/mol. The molecular formula is C17H25BrClN3O. The van der Waals surface area contributed by atoms with Gasteiger partial charge in [-0.05, 0) is 31.2 Å². The molecule has 1 aliphatic heterocycles. The van der Waals surface area contributed by atoms with Gasteiger partial charge in [-0.25, -0.2) is 0 Å². The zero-order valence-electron chi connectivity index (χ0n) is 14.0. The molecule has 1 aromatic carbocycles. The van der Waals surface area contributed by atoms with Crippen molar-refractivity contribution >= 4 is 33.4 Å². The Kier molecular flexibility index (Phi) is 6.89. The van der Waals surface area contributed by atoms with Crippen molar-refractivity contribution in [3.63, 3.8) is 0 Å². The highest BCUT2D eigenvalue weighted by atomic mass is 79.9. The van der Waals surface area contributed by atoms with Crippen LogP contribution in [0.15, 0.2) is 22.7 Å². The van der Waals surface area contributed by atoms with Crippen molar-refractivity contribution in [3.05, 3.63) is 33.3 Å². The molecule has 0 radical (unpaired) electrons. The van der Waals surface area contributed by atoms with Crippen LogP contribution in [0.25, 0.3) is 0 Å². The molecule has 1 N–H and O–H groups in total. The molecule has 0 aromatic heterocycles. The number of rotatable bonds is 5. The van der Waals surface area contributed by atoms with Gasteiger partial charge in [-0.3, -0.25) is 9.69 Å². The Hall–Kier alpha value is -0.620. The fraction of sp³-hybridized carbons (Fsp3) is 0.588. The number of hydrogen-bond acceptors (Lipinski definition) is 3. The first-order valence-corrected chi connectivity index (χ1v) is 9.21. The van der Waals surface area contributed by atoms with Crippen LogP contribution in [0.1, 0.15) is 24.2 Å². The fourth-order valence-corrected chi connectivity index (χ4v) is 3.47. The van der Waals surface area contributed by atoms with Crippen molar-refractivity contribution in [3.8, 4) is 0 Å². The minimum absolute atomic E-state index is 0.115. The third-order valence-electron chi connectivity index (χ3n) is 4.42. The Bertz CT molecular complexity index is 545. The maximum Gasteiger partial charge on any atom is 0.252 e. The summed E-state index contributed by atoms with van der Waals surface area (Å²) >= 11 is 9.52. The molecule has 128 valence electrons. The topological polar surface area (TPSA) is 35.6 Å². The third kappa shape index (κ3) is 5.18. The molecule has 1 amide bonds. The monoisotopic (exact) mass is 401 g/mol. The maximum absolute atomic E-state index is 12.4. The smallest absolute Gasteiger partial charge is 0.252 e. The van der Waals surface area contributed by atoms with E-state index in [4.69, 9.17) is 11.6 Å². The van der Waals surface area contributed by atoms with Gasteiger partial charge in [0.05, 0.1) is 10.6 Å². The first-order chi connectivity index (χ1) is 10.9. The number of nitrogens with one attached hydrogen (secondary N) is 1. The van der Waals surface area contributed by atoms with Crippen LogP contribution < -0.4 is 5.32 Å². The van der Waals surface area contributed by atoms with Gasteiger partial charge >= 0.3 is 0 Å². The van der Waals surface area contributed by atoms with Crippen LogP contribution in [0.4, 0.5) is 0 Å². The van der Waals surface area contributed by atoms with Crippen LogP contribution >= 0.6 is 27.5 Å². The van der Waals surface area contributed by atoms with E-state index >= 15 is 0 Å². The molecule has 1 saturated heterocycles. The van der Waals surface area contributed by atoms with Crippen LogP contribution in [-0.4, -0.2) is 61.5 Å². The van der Waals surface area contributed by atoms with Gasteiger partial charge in [0.15, 0.2) is 0 Å². The van der Waals surface area contributed by atoms with E-state index in [0.29, 0.717) is 29.1 Å². The highest BCUT2D eigenvalue weighted by Gasteiger charge is 2.25. The Morgan fingerprint density at radius 3 is 2.57 bits per heavy atom. The lowest BCUT2D eigenvalue weighted by Gasteiger charge is -2.39. The number of nitrogens with zero attached hydrogens (tertiary/aromatic N) is 2. The molecule has 1 heterocycles. The lowest BCUT2D eigenvalue weighted by molar-refractivity contribution is 0.0791. The summed E-state index contributed by atoms with van der Waals surface area (Å²) in [6, 6.07) is 5.68. The predicted molar refractivity (Wildman–Crippen MR) is 99.2 cm³/mol. The number of halogens is 2. The third-order valence-corrected chi connectivity index (χ3v) is 5.24. The average Bonchev–Trinajstić information content (AvgIpc) is 2.51. The van der Waals surface area contributed by atoms with E-state index < -0.39 is 0 Å². The normalized spacial score (nSPS) is 18.2. The Morgan fingerprint density at radius 1 is 1.30 bits per heavy atom. The van der Waals surface area contributed by atoms with Crippen molar-refractivity contribution in [1.82, 2.24) is 15.1 Å². The quantitative estimate of drug-likeness (QED) is 0.822. The molecule has 1 atom stereocenters. The lowest BCUT2D eigenvalue weighted by Crippen LogP contribution is -2.54. The van der Waals surface area contributed by atoms with E-state index in [1.54, 1.807) is 12.1 Å². The molecule has 0 unspecified atom stereocenters. The van der Waals surface area contributed by atoms with E-state index in [1.807, 2.05) is 6.07 Å². The summed E-state index contributed by atoms with van der Waals surface area (Å²) in [6.45, 7) is 9.31. The van der Waals surface area contributed by atoms with Crippen LogP contribution in [0.2, 0.25) is 5.02 Å². The van der Waals surface area contributed by atoms with Gasteiger partial charge in [-0.1, -0.05) is 41.4 Å². The Balaban J connectivity index is 1.98. The van der Waals surface area contributed by atoms with Crippen molar-refractivity contribution < 1.29 is 4.79 Å². The number of piperazine rings is 1. The second kappa shape index (κ2) is 8.47. The van der Waals surface area contributed by atoms with Gasteiger partial charge < -0.3 is 10.2 Å². The molecule has 0 spiro atoms. The van der Waals surface area contributed by atoms with Gasteiger partial charge in [0, 0.05) is 43.2 Å². The van der Waals surface area contributed by atoms with E-state index in [0.717, 1.165) is 30.7 Å². The lowest BCUT2D eigenvalue weighted by atomic mass is 10.0. The molecule has 1 fully saturated rings. The summed E-state index contributed by atoms with van der Waals surface area (Å²) in [5.74, 6) is 0.368. The minimum Gasteiger partial charge on any atom is -0.350 e. The fourth-order valence-electron chi connectivity index (χ4n) is 2.90. The molecule has 2 rings (SSSR count). The zero-order chi connectivity index (χ0) is 17.0. The number of amides is 1. The molecule has 0 saturated carbocycles. The summed E-state index contributed by atoms with van der Waals surface area (Å²) in [5.41, 5.74) is 0.516. The van der Waals surface area contributed by atoms with Crippen molar-refractivity contribution in [2.24, 2.45) is 5.92 Å². The first-order valence-electron chi connectivity index (χ1n) is 8.04. The van der Waals surface area contributed by atoms with Gasteiger partial charge in [0.1, 0.15) is 0 Å². The van der Waals surface area contributed by atoms with Gasteiger partial charge in [-0.15, -0.1) is 0 Å². The predicted octanol–water partition coefficient (Wildman–Crippen LogP) is 3.10. The first kappa shape index (κ1) is 18.7. The summed E-state index contributed by atoms with van der Waals surface area (Å²) in [5, 5.41) is 3.54. The van der Waals surface area contributed by atoms with E-state index in [-0.39, 0.29) is 5.91 Å². The standard InChI is InChI=1S/C17H25BrClN3O/c1-12(2)16(22-8-6-21(3)7-9-22)11-20-17(23)14-10-13(18)4-5-15(14)19/h4-5,10,12,16H,6-9,11H2,1-3H3,(H,20,23)/t16-/m0/s1. The van der Waals surface area contributed by atoms with Crippen LogP contribution in [0.3, 0.4) is 0 Å². The second-order valence-corrected chi connectivity index (χ2v) is 7.81. The molecule has 23 heavy (non-hydrogen) atoms. The molecule has 1 aromatic rings. The summed E-state index contributed by atoms with van der Waals surface area (Å²) in [6.07, 6.45) is 0. The zero-order valence-corrected chi connectivity index (χ0v) is 16.3. The van der Waals surface area contributed by atoms with Gasteiger partial charge in [-0.2, -0.15) is 0 Å². The molecule has 6 heteroatoms. The summed E-state index contributed by atoms with van der Waals surface area (Å²) in [7, 11) is 2.15. The largest absolute Gasteiger partial charge is 0.350 e. The number of carbonyl (C=O) groups is 1. The molecular weight excluding hydrogens is 378 g/mol. The number of benzene rings is 1. The molecule has 1 aliphatic rings. The van der Waals surface area contributed by atoms with Crippen molar-refractivity contribution in [1.29, 1.82) is 0 Å². The number of hydrogen-bond donors (Lipinski definition) is 1. The highest BCUT2D eigenvalue weighted by Crippen LogP contribution is 2.21. The van der Waals surface area contributed by atoms with E-state index in [1.165, 1.54) is 0 Å². The van der Waals surface area contributed by atoms with Crippen LogP contribution in [0.5, 0.6) is 0 Å². The molecule has 0 aliphatic carbocycles. The van der Waals surface area contributed by atoms with Gasteiger partial charge in [0.25, 0.3) is 5.91 Å². The van der Waals surface area contributed by atoms with Crippen molar-refractivity contribution in [2.45, 2.75) is 19.9 Å². The van der Waals surface area contributed by atoms with Crippen LogP contribution in [0, 0.1) is 5.92 Å². The SMILES string of the molecule is CC(C)[C@H](CNC(=O)c1cc(Br)ccc1Cl)N1CCN(C)CC1. The second-order valence-electron chi connectivity index (χ2n) is 6.48. The van der Waals surface area contributed by atoms with Crippen LogP contribution in [-0.2, 0) is 0 Å². The Morgan fingerprint density at radius 2 is 1.96 bits per heavy atom. The van der Waals surface area contributed by atoms with E-state index in [2.05, 4.69) is 51.9 Å². The Labute approximate surface area is 152 Å². The van der Waals surface area contributed by atoms with Gasteiger partial charge in [0.2, 0.25) is 0 Å². The minimum atomic E-state index is -0.115. The van der Waals surface area contributed by atoms with Crippen molar-refractivity contribution in [2.75, 3.05) is 39.8 Å². The maximum atomic E-state index is 12.4. The van der Waals surface area contributed by atoms with E-state index in [9.17, 15) is 4.79 Å². The summed E-state index contributed by atoms with van der Waals surface area (Å²) < 4.78 is 0.853. The highest BCUT2D eigenvalue weighted by molar-refractivity contribution is 9.10. The summed E-state index contributed by atoms with van der Waals surface area (Å²) in [4.78, 5) is 17.3. The molecule has 0 bridgehead atoms. The number of carbonyl (C=O) groups excluding carboxylic acids is 1. The number of likely N-dealkylation sites (N-methyl/N-ethyl adjacent to an activating group) is 1. The molecule has 4 nitrogen and oxygen atoms in total.